The number of benzene rings is 2. The predicted octanol–water partition coefficient (Wildman–Crippen LogP) is 5.81. The van der Waals surface area contributed by atoms with E-state index < -0.39 is 0 Å². The van der Waals surface area contributed by atoms with Crippen LogP contribution in [0.5, 0.6) is 5.75 Å². The Morgan fingerprint density at radius 3 is 2.33 bits per heavy atom. The number of likely N-dealkylation sites (tertiary alicyclic amines) is 1. The molecule has 1 atom stereocenters. The van der Waals surface area contributed by atoms with E-state index in [-0.39, 0.29) is 11.9 Å². The first-order valence-electron chi connectivity index (χ1n) is 10.4. The molecule has 1 N–H and O–H groups in total. The van der Waals surface area contributed by atoms with Gasteiger partial charge in [0, 0.05) is 16.0 Å². The Morgan fingerprint density at radius 2 is 1.70 bits per heavy atom. The second-order valence-electron chi connectivity index (χ2n) is 7.76. The standard InChI is InChI=1S/C25H28N2O2S/c1-17-18(2)30-25(26-24(28)20-9-5-4-6-10-20)22(17)23(27-15-7-8-16-27)19-11-13-21(29-3)14-12-19/h4-6,9-14,23H,7-8,15-16H2,1-3H3,(H,26,28)/t23-/m1/s1. The maximum atomic E-state index is 12.9. The molecule has 4 nitrogen and oxygen atoms in total. The summed E-state index contributed by atoms with van der Waals surface area (Å²) in [6, 6.07) is 17.9. The van der Waals surface area contributed by atoms with Crippen molar-refractivity contribution in [3.05, 3.63) is 81.7 Å². The van der Waals surface area contributed by atoms with Gasteiger partial charge in [-0.05, 0) is 75.2 Å². The van der Waals surface area contributed by atoms with E-state index >= 15 is 0 Å². The summed E-state index contributed by atoms with van der Waals surface area (Å²) in [5.41, 5.74) is 4.38. The highest BCUT2D eigenvalue weighted by atomic mass is 32.1. The van der Waals surface area contributed by atoms with Crippen LogP contribution >= 0.6 is 11.3 Å². The Morgan fingerprint density at radius 1 is 1.03 bits per heavy atom. The van der Waals surface area contributed by atoms with E-state index in [1.165, 1.54) is 34.4 Å². The molecule has 1 fully saturated rings. The number of carbonyl (C=O) groups excluding carboxylic acids is 1. The Bertz CT molecular complexity index is 1010. The quantitative estimate of drug-likeness (QED) is 0.547. The van der Waals surface area contributed by atoms with Crippen molar-refractivity contribution in [2.45, 2.75) is 32.7 Å². The Labute approximate surface area is 182 Å². The third kappa shape index (κ3) is 4.13. The molecule has 0 unspecified atom stereocenters. The van der Waals surface area contributed by atoms with Gasteiger partial charge in [-0.15, -0.1) is 11.3 Å². The summed E-state index contributed by atoms with van der Waals surface area (Å²) in [6.45, 7) is 6.44. The van der Waals surface area contributed by atoms with Crippen molar-refractivity contribution < 1.29 is 9.53 Å². The van der Waals surface area contributed by atoms with E-state index in [0.717, 1.165) is 23.8 Å². The summed E-state index contributed by atoms with van der Waals surface area (Å²) in [5, 5.41) is 4.16. The molecular weight excluding hydrogens is 392 g/mol. The van der Waals surface area contributed by atoms with Gasteiger partial charge in [-0.3, -0.25) is 9.69 Å². The number of amides is 1. The summed E-state index contributed by atoms with van der Waals surface area (Å²) >= 11 is 1.67. The monoisotopic (exact) mass is 420 g/mol. The predicted molar refractivity (Wildman–Crippen MR) is 124 cm³/mol. The molecule has 0 bridgehead atoms. The lowest BCUT2D eigenvalue weighted by Crippen LogP contribution is -2.28. The Balaban J connectivity index is 1.75. The average Bonchev–Trinajstić information content (AvgIpc) is 3.40. The largest absolute Gasteiger partial charge is 0.497 e. The minimum Gasteiger partial charge on any atom is -0.497 e. The van der Waals surface area contributed by atoms with Crippen molar-refractivity contribution in [1.82, 2.24) is 4.90 Å². The van der Waals surface area contributed by atoms with Gasteiger partial charge in [0.25, 0.3) is 5.91 Å². The van der Waals surface area contributed by atoms with E-state index in [4.69, 9.17) is 4.74 Å². The number of anilines is 1. The van der Waals surface area contributed by atoms with Gasteiger partial charge >= 0.3 is 0 Å². The van der Waals surface area contributed by atoms with Gasteiger partial charge in [-0.1, -0.05) is 30.3 Å². The van der Waals surface area contributed by atoms with Crippen molar-refractivity contribution >= 4 is 22.2 Å². The number of hydrogen-bond acceptors (Lipinski definition) is 4. The maximum absolute atomic E-state index is 12.9. The molecule has 0 spiro atoms. The molecule has 1 aromatic heterocycles. The van der Waals surface area contributed by atoms with Crippen LogP contribution in [0, 0.1) is 13.8 Å². The van der Waals surface area contributed by atoms with Crippen molar-refractivity contribution in [2.75, 3.05) is 25.5 Å². The molecule has 1 amide bonds. The van der Waals surface area contributed by atoms with Crippen molar-refractivity contribution in [2.24, 2.45) is 0 Å². The normalized spacial score (nSPS) is 15.2. The van der Waals surface area contributed by atoms with Crippen LogP contribution in [0.15, 0.2) is 54.6 Å². The Hall–Kier alpha value is -2.63. The summed E-state index contributed by atoms with van der Waals surface area (Å²) < 4.78 is 5.36. The second kappa shape index (κ2) is 9.02. The van der Waals surface area contributed by atoms with Crippen LogP contribution in [0.3, 0.4) is 0 Å². The highest BCUT2D eigenvalue weighted by Crippen LogP contribution is 2.43. The number of nitrogens with zero attached hydrogens (tertiary/aromatic N) is 1. The maximum Gasteiger partial charge on any atom is 0.256 e. The van der Waals surface area contributed by atoms with Crippen LogP contribution in [-0.4, -0.2) is 31.0 Å². The molecule has 1 aliphatic rings. The fourth-order valence-electron chi connectivity index (χ4n) is 4.18. The molecule has 2 aromatic carbocycles. The zero-order valence-electron chi connectivity index (χ0n) is 17.8. The van der Waals surface area contributed by atoms with E-state index in [2.05, 4.69) is 36.2 Å². The van der Waals surface area contributed by atoms with Crippen LogP contribution in [0.1, 0.15) is 50.8 Å². The van der Waals surface area contributed by atoms with Crippen molar-refractivity contribution in [3.8, 4) is 5.75 Å². The number of thiophene rings is 1. The van der Waals surface area contributed by atoms with Gasteiger partial charge in [0.1, 0.15) is 10.8 Å². The fraction of sp³-hybridized carbons (Fsp3) is 0.320. The first kappa shape index (κ1) is 20.6. The highest BCUT2D eigenvalue weighted by molar-refractivity contribution is 7.16. The summed E-state index contributed by atoms with van der Waals surface area (Å²) in [7, 11) is 1.69. The molecule has 1 aliphatic heterocycles. The van der Waals surface area contributed by atoms with Gasteiger partial charge < -0.3 is 10.1 Å². The minimum atomic E-state index is -0.0620. The van der Waals surface area contributed by atoms with Crippen LogP contribution in [0.2, 0.25) is 0 Å². The van der Waals surface area contributed by atoms with Gasteiger partial charge in [-0.2, -0.15) is 0 Å². The number of nitrogens with one attached hydrogen (secondary N) is 1. The average molecular weight is 421 g/mol. The minimum absolute atomic E-state index is 0.0620. The molecule has 4 rings (SSSR count). The molecule has 0 aliphatic carbocycles. The topological polar surface area (TPSA) is 41.6 Å². The van der Waals surface area contributed by atoms with Gasteiger partial charge in [0.2, 0.25) is 0 Å². The number of carbonyl (C=O) groups is 1. The third-order valence-electron chi connectivity index (χ3n) is 5.91. The van der Waals surface area contributed by atoms with E-state index in [0.29, 0.717) is 5.56 Å². The lowest BCUT2D eigenvalue weighted by Gasteiger charge is -2.29. The van der Waals surface area contributed by atoms with Gasteiger partial charge in [-0.25, -0.2) is 0 Å². The van der Waals surface area contributed by atoms with Gasteiger partial charge in [0.05, 0.1) is 13.2 Å². The second-order valence-corrected chi connectivity index (χ2v) is 8.99. The van der Waals surface area contributed by atoms with Crippen LogP contribution in [-0.2, 0) is 0 Å². The summed E-state index contributed by atoms with van der Waals surface area (Å²) in [6.07, 6.45) is 2.42. The van der Waals surface area contributed by atoms with Crippen LogP contribution in [0.4, 0.5) is 5.00 Å². The van der Waals surface area contributed by atoms with Crippen molar-refractivity contribution in [1.29, 1.82) is 0 Å². The van der Waals surface area contributed by atoms with E-state index in [1.54, 1.807) is 18.4 Å². The lowest BCUT2D eigenvalue weighted by molar-refractivity contribution is 0.102. The molecule has 3 aromatic rings. The van der Waals surface area contributed by atoms with Gasteiger partial charge in [0.15, 0.2) is 0 Å². The number of methoxy groups -OCH3 is 1. The van der Waals surface area contributed by atoms with Crippen LogP contribution < -0.4 is 10.1 Å². The molecule has 5 heteroatoms. The first-order valence-corrected chi connectivity index (χ1v) is 11.2. The van der Waals surface area contributed by atoms with E-state index in [1.807, 2.05) is 42.5 Å². The molecule has 0 radical (unpaired) electrons. The first-order chi connectivity index (χ1) is 14.6. The fourth-order valence-corrected chi connectivity index (χ4v) is 5.27. The van der Waals surface area contributed by atoms with Crippen molar-refractivity contribution in [3.63, 3.8) is 0 Å². The number of rotatable bonds is 6. The van der Waals surface area contributed by atoms with E-state index in [9.17, 15) is 4.79 Å². The zero-order chi connectivity index (χ0) is 21.1. The number of aryl methyl sites for hydroxylation is 1. The Kier molecular flexibility index (Phi) is 6.21. The lowest BCUT2D eigenvalue weighted by atomic mass is 9.95. The third-order valence-corrected chi connectivity index (χ3v) is 7.04. The molecule has 30 heavy (non-hydrogen) atoms. The molecule has 0 saturated carbocycles. The molecule has 2 heterocycles. The zero-order valence-corrected chi connectivity index (χ0v) is 18.6. The number of hydrogen-bond donors (Lipinski definition) is 1. The SMILES string of the molecule is COc1ccc([C@H](c2c(NC(=O)c3ccccc3)sc(C)c2C)N2CCCC2)cc1. The summed E-state index contributed by atoms with van der Waals surface area (Å²) in [5.74, 6) is 0.794. The molecule has 1 saturated heterocycles. The number of ether oxygens (including phenoxy) is 1. The smallest absolute Gasteiger partial charge is 0.256 e. The highest BCUT2D eigenvalue weighted by Gasteiger charge is 2.31. The molecule has 156 valence electrons. The molecular formula is C25H28N2O2S. The van der Waals surface area contributed by atoms with Crippen LogP contribution in [0.25, 0.3) is 0 Å². The summed E-state index contributed by atoms with van der Waals surface area (Å²) in [4.78, 5) is 16.7.